The number of hydrogen-bond donors (Lipinski definition) is 2. The molecule has 1 aliphatic rings. The van der Waals surface area contributed by atoms with Crippen LogP contribution in [0.3, 0.4) is 0 Å². The monoisotopic (exact) mass is 234 g/mol. The second-order valence-electron chi connectivity index (χ2n) is 4.13. The van der Waals surface area contributed by atoms with Crippen molar-refractivity contribution >= 4 is 5.82 Å². The summed E-state index contributed by atoms with van der Waals surface area (Å²) in [6.45, 7) is 2.67. The molecule has 0 amide bonds. The summed E-state index contributed by atoms with van der Waals surface area (Å²) < 4.78 is 5.32. The van der Waals surface area contributed by atoms with E-state index in [1.807, 2.05) is 13.0 Å². The Morgan fingerprint density at radius 2 is 2.59 bits per heavy atom. The van der Waals surface area contributed by atoms with Crippen LogP contribution in [0.4, 0.5) is 5.82 Å². The standard InChI is InChI=1S/C11H14N4O2/c1-8-11(16,3-5-17-8)7-13-10-9(6-12)2-4-14-15-10/h2,4,8,16H,3,5,7H2,1H3,(H,13,15). The van der Waals surface area contributed by atoms with Crippen molar-refractivity contribution in [2.45, 2.75) is 25.0 Å². The van der Waals surface area contributed by atoms with Crippen molar-refractivity contribution in [3.05, 3.63) is 17.8 Å². The predicted molar refractivity (Wildman–Crippen MR) is 60.2 cm³/mol. The zero-order valence-electron chi connectivity index (χ0n) is 9.55. The van der Waals surface area contributed by atoms with Gasteiger partial charge < -0.3 is 15.2 Å². The van der Waals surface area contributed by atoms with Crippen molar-refractivity contribution in [2.75, 3.05) is 18.5 Å². The van der Waals surface area contributed by atoms with Crippen LogP contribution in [0.25, 0.3) is 0 Å². The lowest BCUT2D eigenvalue weighted by atomic mass is 9.97. The average Bonchev–Trinajstić information content (AvgIpc) is 2.68. The normalized spacial score (nSPS) is 27.7. The molecular weight excluding hydrogens is 220 g/mol. The molecule has 1 aromatic rings. The van der Waals surface area contributed by atoms with E-state index in [2.05, 4.69) is 15.5 Å². The third kappa shape index (κ3) is 2.35. The molecule has 1 aromatic heterocycles. The molecule has 0 bridgehead atoms. The van der Waals surface area contributed by atoms with Gasteiger partial charge in [-0.3, -0.25) is 0 Å². The summed E-state index contributed by atoms with van der Waals surface area (Å²) in [6.07, 6.45) is 1.81. The minimum absolute atomic E-state index is 0.225. The Morgan fingerprint density at radius 3 is 3.24 bits per heavy atom. The van der Waals surface area contributed by atoms with Gasteiger partial charge in [0.25, 0.3) is 0 Å². The molecule has 0 saturated carbocycles. The number of aromatic nitrogens is 2. The molecule has 1 fully saturated rings. The van der Waals surface area contributed by atoms with Crippen LogP contribution < -0.4 is 5.32 Å². The molecule has 1 saturated heterocycles. The Kier molecular flexibility index (Phi) is 3.22. The van der Waals surface area contributed by atoms with E-state index in [0.717, 1.165) is 0 Å². The second kappa shape index (κ2) is 4.65. The van der Waals surface area contributed by atoms with Crippen LogP contribution >= 0.6 is 0 Å². The Hall–Kier alpha value is -1.71. The lowest BCUT2D eigenvalue weighted by molar-refractivity contribution is -0.0176. The van der Waals surface area contributed by atoms with E-state index in [1.165, 1.54) is 6.20 Å². The van der Waals surface area contributed by atoms with Crippen LogP contribution in [-0.4, -0.2) is 40.2 Å². The van der Waals surface area contributed by atoms with Gasteiger partial charge in [-0.15, -0.1) is 5.10 Å². The van der Waals surface area contributed by atoms with Crippen molar-refractivity contribution in [3.8, 4) is 6.07 Å². The van der Waals surface area contributed by atoms with Crippen LogP contribution in [0.1, 0.15) is 18.9 Å². The quantitative estimate of drug-likeness (QED) is 0.781. The van der Waals surface area contributed by atoms with Crippen molar-refractivity contribution in [3.63, 3.8) is 0 Å². The third-order valence-corrected chi connectivity index (χ3v) is 3.06. The van der Waals surface area contributed by atoms with Gasteiger partial charge in [-0.1, -0.05) is 0 Å². The molecule has 2 N–H and O–H groups in total. The molecule has 1 aliphatic heterocycles. The smallest absolute Gasteiger partial charge is 0.166 e. The summed E-state index contributed by atoms with van der Waals surface area (Å²) in [5, 5.41) is 29.6. The highest BCUT2D eigenvalue weighted by Gasteiger charge is 2.39. The van der Waals surface area contributed by atoms with Crippen LogP contribution in [0, 0.1) is 11.3 Å². The fourth-order valence-corrected chi connectivity index (χ4v) is 1.79. The maximum atomic E-state index is 10.3. The minimum atomic E-state index is -0.912. The van der Waals surface area contributed by atoms with Crippen LogP contribution in [0.5, 0.6) is 0 Å². The fourth-order valence-electron chi connectivity index (χ4n) is 1.79. The number of nitrogens with zero attached hydrogens (tertiary/aromatic N) is 3. The van der Waals surface area contributed by atoms with E-state index in [1.54, 1.807) is 6.07 Å². The van der Waals surface area contributed by atoms with E-state index in [-0.39, 0.29) is 6.10 Å². The van der Waals surface area contributed by atoms with Gasteiger partial charge in [0, 0.05) is 19.6 Å². The molecule has 2 atom stereocenters. The summed E-state index contributed by atoms with van der Waals surface area (Å²) in [6, 6.07) is 3.59. The molecule has 6 nitrogen and oxygen atoms in total. The van der Waals surface area contributed by atoms with Crippen LogP contribution in [0.15, 0.2) is 12.3 Å². The number of ether oxygens (including phenoxy) is 1. The lowest BCUT2D eigenvalue weighted by Gasteiger charge is -2.26. The molecule has 17 heavy (non-hydrogen) atoms. The first-order valence-electron chi connectivity index (χ1n) is 5.45. The van der Waals surface area contributed by atoms with Crippen LogP contribution in [-0.2, 0) is 4.74 Å². The summed E-state index contributed by atoms with van der Waals surface area (Å²) in [4.78, 5) is 0. The Morgan fingerprint density at radius 1 is 1.76 bits per heavy atom. The average molecular weight is 234 g/mol. The first-order valence-corrected chi connectivity index (χ1v) is 5.45. The molecule has 6 heteroatoms. The number of nitrogens with one attached hydrogen (secondary N) is 1. The Labute approximate surface area is 99.2 Å². The number of aliphatic hydroxyl groups is 1. The summed E-state index contributed by atoms with van der Waals surface area (Å²) in [5.74, 6) is 0.391. The van der Waals surface area contributed by atoms with Crippen LogP contribution in [0.2, 0.25) is 0 Å². The first kappa shape index (κ1) is 11.8. The highest BCUT2D eigenvalue weighted by atomic mass is 16.5. The molecule has 0 aromatic carbocycles. The second-order valence-corrected chi connectivity index (χ2v) is 4.13. The van der Waals surface area contributed by atoms with Gasteiger partial charge in [-0.05, 0) is 13.0 Å². The van der Waals surface area contributed by atoms with Crippen molar-refractivity contribution in [1.82, 2.24) is 10.2 Å². The van der Waals surface area contributed by atoms with Gasteiger partial charge in [0.05, 0.1) is 17.9 Å². The maximum Gasteiger partial charge on any atom is 0.166 e. The number of nitriles is 1. The number of anilines is 1. The molecule has 90 valence electrons. The molecule has 0 radical (unpaired) electrons. The number of hydrogen-bond acceptors (Lipinski definition) is 6. The van der Waals surface area contributed by atoms with Crippen molar-refractivity contribution < 1.29 is 9.84 Å². The highest BCUT2D eigenvalue weighted by molar-refractivity contribution is 5.50. The molecule has 2 rings (SSSR count). The Bertz CT molecular complexity index is 445. The zero-order chi connectivity index (χ0) is 12.3. The van der Waals surface area contributed by atoms with Crippen molar-refractivity contribution in [2.24, 2.45) is 0 Å². The van der Waals surface area contributed by atoms with E-state index >= 15 is 0 Å². The lowest BCUT2D eigenvalue weighted by Crippen LogP contribution is -2.43. The summed E-state index contributed by atoms with van der Waals surface area (Å²) >= 11 is 0. The van der Waals surface area contributed by atoms with Gasteiger partial charge in [0.15, 0.2) is 5.82 Å². The molecule has 0 spiro atoms. The molecule has 2 unspecified atom stereocenters. The number of rotatable bonds is 3. The van der Waals surface area contributed by atoms with Crippen molar-refractivity contribution in [1.29, 1.82) is 5.26 Å². The topological polar surface area (TPSA) is 91.1 Å². The molecular formula is C11H14N4O2. The van der Waals surface area contributed by atoms with E-state index in [9.17, 15) is 5.11 Å². The van der Waals surface area contributed by atoms with E-state index in [4.69, 9.17) is 10.00 Å². The first-order chi connectivity index (χ1) is 8.15. The van der Waals surface area contributed by atoms with E-state index < -0.39 is 5.60 Å². The van der Waals surface area contributed by atoms with E-state index in [0.29, 0.717) is 31.0 Å². The van der Waals surface area contributed by atoms with Gasteiger partial charge in [0.1, 0.15) is 11.7 Å². The Balaban J connectivity index is 2.05. The zero-order valence-corrected chi connectivity index (χ0v) is 9.55. The third-order valence-electron chi connectivity index (χ3n) is 3.06. The summed E-state index contributed by atoms with van der Waals surface area (Å²) in [5.41, 5.74) is -0.500. The highest BCUT2D eigenvalue weighted by Crippen LogP contribution is 2.26. The van der Waals surface area contributed by atoms with Gasteiger partial charge >= 0.3 is 0 Å². The van der Waals surface area contributed by atoms with Gasteiger partial charge in [-0.25, -0.2) is 0 Å². The fraction of sp³-hybridized carbons (Fsp3) is 0.545. The molecule has 0 aliphatic carbocycles. The predicted octanol–water partition coefficient (Wildman–Crippen LogP) is 0.300. The van der Waals surface area contributed by atoms with Gasteiger partial charge in [-0.2, -0.15) is 10.4 Å². The largest absolute Gasteiger partial charge is 0.385 e. The minimum Gasteiger partial charge on any atom is -0.385 e. The SMILES string of the molecule is CC1OCCC1(O)CNc1nnccc1C#N. The van der Waals surface area contributed by atoms with Gasteiger partial charge in [0.2, 0.25) is 0 Å². The maximum absolute atomic E-state index is 10.3. The molecule has 2 heterocycles. The summed E-state index contributed by atoms with van der Waals surface area (Å²) in [7, 11) is 0.